The summed E-state index contributed by atoms with van der Waals surface area (Å²) in [5, 5.41) is 5.19. The summed E-state index contributed by atoms with van der Waals surface area (Å²) in [6.07, 6.45) is 4.31. The van der Waals surface area contributed by atoms with Crippen LogP contribution in [0.4, 0.5) is 14.5 Å². The minimum absolute atomic E-state index is 0.119. The van der Waals surface area contributed by atoms with Crippen LogP contribution in [0.5, 0.6) is 0 Å². The molecule has 1 saturated heterocycles. The van der Waals surface area contributed by atoms with Crippen LogP contribution >= 0.6 is 11.3 Å². The Labute approximate surface area is 239 Å². The Hall–Kier alpha value is -3.92. The number of nitrogens with zero attached hydrogens (tertiary/aromatic N) is 5. The molecule has 1 fully saturated rings. The van der Waals surface area contributed by atoms with Crippen molar-refractivity contribution in [2.75, 3.05) is 4.90 Å². The van der Waals surface area contributed by atoms with Gasteiger partial charge in [-0.05, 0) is 76.3 Å². The zero-order valence-corrected chi connectivity index (χ0v) is 23.9. The number of fused-ring (bicyclic) bond motifs is 2. The van der Waals surface area contributed by atoms with Crippen LogP contribution in [0.3, 0.4) is 0 Å². The lowest BCUT2D eigenvalue weighted by atomic mass is 9.95. The average Bonchev–Trinajstić information content (AvgIpc) is 3.62. The molecule has 0 bridgehead atoms. The molecule has 1 aliphatic carbocycles. The third-order valence-corrected chi connectivity index (χ3v) is 9.39. The zero-order valence-electron chi connectivity index (χ0n) is 23.1. The van der Waals surface area contributed by atoms with E-state index in [4.69, 9.17) is 14.5 Å². The Morgan fingerprint density at radius 2 is 1.85 bits per heavy atom. The fourth-order valence-electron chi connectivity index (χ4n) is 6.57. The molecule has 2 aliphatic rings. The maximum atomic E-state index is 14.4. The minimum Gasteiger partial charge on any atom is -0.361 e. The second kappa shape index (κ2) is 9.87. The summed E-state index contributed by atoms with van der Waals surface area (Å²) in [5.41, 5.74) is 6.03. The van der Waals surface area contributed by atoms with Crippen molar-refractivity contribution in [1.29, 1.82) is 0 Å². The Morgan fingerprint density at radius 1 is 1.00 bits per heavy atom. The quantitative estimate of drug-likeness (QED) is 0.225. The maximum Gasteiger partial charge on any atom is 0.227 e. The van der Waals surface area contributed by atoms with E-state index in [9.17, 15) is 13.6 Å². The van der Waals surface area contributed by atoms with Gasteiger partial charge in [0.2, 0.25) is 5.91 Å². The SMILES string of the molecule is Cc1nc2c(s1)C[C@@H](n1c([C@@H]3CCCC(=O)N3c3ccc(F)c(F)c3)nc3cc(-c4c(C)noc4C)ccc31)CC2. The molecule has 7 nitrogen and oxygen atoms in total. The molecule has 41 heavy (non-hydrogen) atoms. The molecule has 3 aromatic heterocycles. The van der Waals surface area contributed by atoms with Crippen LogP contribution in [-0.2, 0) is 17.6 Å². The van der Waals surface area contributed by atoms with E-state index >= 15 is 0 Å². The first-order valence-electron chi connectivity index (χ1n) is 14.0. The summed E-state index contributed by atoms with van der Waals surface area (Å²) in [4.78, 5) is 26.2. The highest BCUT2D eigenvalue weighted by atomic mass is 32.1. The molecule has 2 atom stereocenters. The molecule has 0 saturated carbocycles. The highest BCUT2D eigenvalue weighted by molar-refractivity contribution is 7.11. The molecular formula is C31H29F2N5O2S. The third kappa shape index (κ3) is 4.36. The molecule has 10 heteroatoms. The summed E-state index contributed by atoms with van der Waals surface area (Å²) < 4.78 is 35.9. The third-order valence-electron chi connectivity index (χ3n) is 8.35. The van der Waals surface area contributed by atoms with Crippen LogP contribution in [0.25, 0.3) is 22.2 Å². The van der Waals surface area contributed by atoms with Crippen molar-refractivity contribution < 1.29 is 18.1 Å². The standard InChI is InChI=1S/C31H29F2N5O2S/c1-16-30(17(2)40-36-16)19-7-12-26-25(13-19)35-31(38(26)21-9-11-24-28(15-21)41-18(3)34-24)27-5-4-6-29(39)37(27)20-8-10-22(32)23(33)14-20/h7-8,10,12-14,21,27H,4-6,9,11,15H2,1-3H3/t21-,27-/m0/s1. The molecule has 210 valence electrons. The molecule has 1 amide bonds. The van der Waals surface area contributed by atoms with Crippen molar-refractivity contribution in [1.82, 2.24) is 19.7 Å². The van der Waals surface area contributed by atoms with Gasteiger partial charge >= 0.3 is 0 Å². The molecule has 7 rings (SSSR count). The van der Waals surface area contributed by atoms with E-state index in [1.54, 1.807) is 16.2 Å². The number of amides is 1. The number of carbonyl (C=O) groups is 1. The van der Waals surface area contributed by atoms with E-state index in [1.165, 1.54) is 16.6 Å². The molecule has 5 aromatic rings. The lowest BCUT2D eigenvalue weighted by molar-refractivity contribution is -0.120. The summed E-state index contributed by atoms with van der Waals surface area (Å²) in [7, 11) is 0. The number of aromatic nitrogens is 4. The molecule has 1 aliphatic heterocycles. The Morgan fingerprint density at radius 3 is 2.63 bits per heavy atom. The Kier molecular flexibility index (Phi) is 6.26. The molecule has 0 unspecified atom stereocenters. The number of carbonyl (C=O) groups excluding carboxylic acids is 1. The fourth-order valence-corrected chi connectivity index (χ4v) is 7.62. The van der Waals surface area contributed by atoms with Gasteiger partial charge in [-0.15, -0.1) is 11.3 Å². The highest BCUT2D eigenvalue weighted by Crippen LogP contribution is 2.42. The van der Waals surface area contributed by atoms with Crippen LogP contribution in [0.2, 0.25) is 0 Å². The van der Waals surface area contributed by atoms with Crippen molar-refractivity contribution in [3.05, 3.63) is 80.9 Å². The van der Waals surface area contributed by atoms with Crippen molar-refractivity contribution in [3.63, 3.8) is 0 Å². The van der Waals surface area contributed by atoms with E-state index in [2.05, 4.69) is 27.9 Å². The van der Waals surface area contributed by atoms with Gasteiger partial charge in [-0.2, -0.15) is 0 Å². The van der Waals surface area contributed by atoms with Crippen LogP contribution in [0, 0.1) is 32.4 Å². The number of aryl methyl sites for hydroxylation is 4. The van der Waals surface area contributed by atoms with Crippen LogP contribution in [0.1, 0.15) is 70.6 Å². The Balaban J connectivity index is 1.40. The number of anilines is 1. The number of rotatable bonds is 4. The van der Waals surface area contributed by atoms with Gasteiger partial charge in [0.05, 0.1) is 33.5 Å². The van der Waals surface area contributed by atoms with Crippen molar-refractivity contribution in [3.8, 4) is 11.1 Å². The van der Waals surface area contributed by atoms with Crippen LogP contribution < -0.4 is 4.90 Å². The number of thiazole rings is 1. The first-order chi connectivity index (χ1) is 19.8. The van der Waals surface area contributed by atoms with E-state index < -0.39 is 17.7 Å². The fraction of sp³-hybridized carbons (Fsp3) is 0.355. The lowest BCUT2D eigenvalue weighted by Gasteiger charge is -2.37. The smallest absolute Gasteiger partial charge is 0.227 e. The number of imidazole rings is 1. The van der Waals surface area contributed by atoms with E-state index in [0.717, 1.165) is 75.8 Å². The first kappa shape index (κ1) is 26.0. The molecular weight excluding hydrogens is 544 g/mol. The van der Waals surface area contributed by atoms with Gasteiger partial charge in [-0.3, -0.25) is 4.79 Å². The van der Waals surface area contributed by atoms with E-state index in [0.29, 0.717) is 24.9 Å². The first-order valence-corrected chi connectivity index (χ1v) is 14.8. The van der Waals surface area contributed by atoms with Crippen LogP contribution in [-0.4, -0.2) is 25.6 Å². The highest BCUT2D eigenvalue weighted by Gasteiger charge is 2.37. The van der Waals surface area contributed by atoms with E-state index in [1.807, 2.05) is 20.8 Å². The monoisotopic (exact) mass is 573 g/mol. The summed E-state index contributed by atoms with van der Waals surface area (Å²) in [6, 6.07) is 9.59. The van der Waals surface area contributed by atoms with Gasteiger partial charge in [0.15, 0.2) is 11.6 Å². The van der Waals surface area contributed by atoms with Crippen molar-refractivity contribution in [2.45, 2.75) is 71.4 Å². The van der Waals surface area contributed by atoms with Crippen molar-refractivity contribution >= 4 is 34.0 Å². The summed E-state index contributed by atoms with van der Waals surface area (Å²) >= 11 is 1.74. The second-order valence-corrected chi connectivity index (χ2v) is 12.3. The predicted molar refractivity (Wildman–Crippen MR) is 153 cm³/mol. The molecule has 0 radical (unpaired) electrons. The number of benzene rings is 2. The number of hydrogen-bond donors (Lipinski definition) is 0. The van der Waals surface area contributed by atoms with E-state index in [-0.39, 0.29) is 11.9 Å². The Bertz CT molecular complexity index is 1800. The molecule has 0 spiro atoms. The van der Waals surface area contributed by atoms with Gasteiger partial charge in [-0.1, -0.05) is 11.2 Å². The van der Waals surface area contributed by atoms with Gasteiger partial charge in [0.25, 0.3) is 0 Å². The molecule has 4 heterocycles. The summed E-state index contributed by atoms with van der Waals surface area (Å²) in [5.74, 6) is -0.525. The normalized spacial score (nSPS) is 19.2. The topological polar surface area (TPSA) is 77.1 Å². The minimum atomic E-state index is -0.974. The van der Waals surface area contributed by atoms with Gasteiger partial charge in [-0.25, -0.2) is 18.7 Å². The van der Waals surface area contributed by atoms with Gasteiger partial charge in [0, 0.05) is 41.1 Å². The van der Waals surface area contributed by atoms with Crippen molar-refractivity contribution in [2.24, 2.45) is 0 Å². The van der Waals surface area contributed by atoms with Gasteiger partial charge < -0.3 is 14.0 Å². The van der Waals surface area contributed by atoms with Crippen LogP contribution in [0.15, 0.2) is 40.9 Å². The molecule has 0 N–H and O–H groups in total. The number of piperidine rings is 1. The largest absolute Gasteiger partial charge is 0.361 e. The molecule has 2 aromatic carbocycles. The predicted octanol–water partition coefficient (Wildman–Crippen LogP) is 7.34. The zero-order chi connectivity index (χ0) is 28.4. The summed E-state index contributed by atoms with van der Waals surface area (Å²) in [6.45, 7) is 5.86. The lowest BCUT2D eigenvalue weighted by Crippen LogP contribution is -2.40. The average molecular weight is 574 g/mol. The number of hydrogen-bond acceptors (Lipinski definition) is 6. The maximum absolute atomic E-state index is 14.4. The van der Waals surface area contributed by atoms with Gasteiger partial charge in [0.1, 0.15) is 11.6 Å². The second-order valence-electron chi connectivity index (χ2n) is 11.0. The number of halogens is 2.